The van der Waals surface area contributed by atoms with Crippen molar-refractivity contribution >= 4 is 17.7 Å². The number of piperazine rings is 1. The van der Waals surface area contributed by atoms with E-state index in [0.717, 1.165) is 5.56 Å². The molecule has 0 aliphatic carbocycles. The van der Waals surface area contributed by atoms with Crippen LogP contribution in [0, 0.1) is 5.82 Å². The average Bonchev–Trinajstić information content (AvgIpc) is 3.06. The molecule has 0 radical (unpaired) electrons. The molecule has 25 heavy (non-hydrogen) atoms. The van der Waals surface area contributed by atoms with Gasteiger partial charge in [-0.2, -0.15) is 0 Å². The van der Waals surface area contributed by atoms with Gasteiger partial charge in [0.1, 0.15) is 11.9 Å². The number of hydrogen-bond acceptors (Lipinski definition) is 3. The molecule has 2 aliphatic heterocycles. The molecule has 1 atom stereocenters. The number of aryl methyl sites for hydroxylation is 1. The Labute approximate surface area is 146 Å². The topological polar surface area (TPSA) is 69.7 Å². The lowest BCUT2D eigenvalue weighted by molar-refractivity contribution is -0.140. The first-order chi connectivity index (χ1) is 12.0. The average molecular weight is 347 g/mol. The minimum atomic E-state index is -0.414. The summed E-state index contributed by atoms with van der Waals surface area (Å²) in [6, 6.07) is 5.86. The molecule has 134 valence electrons. The molecule has 3 amide bonds. The number of carbonyl (C=O) groups is 3. The highest BCUT2D eigenvalue weighted by Crippen LogP contribution is 2.13. The van der Waals surface area contributed by atoms with E-state index in [1.807, 2.05) is 6.07 Å². The predicted molar refractivity (Wildman–Crippen MR) is 89.0 cm³/mol. The van der Waals surface area contributed by atoms with Crippen molar-refractivity contribution in [3.63, 3.8) is 0 Å². The fraction of sp³-hybridized carbons (Fsp3) is 0.500. The molecular weight excluding hydrogens is 325 g/mol. The second kappa shape index (κ2) is 7.63. The zero-order chi connectivity index (χ0) is 17.8. The molecule has 6 nitrogen and oxygen atoms in total. The molecule has 0 bridgehead atoms. The maximum absolute atomic E-state index is 13.2. The van der Waals surface area contributed by atoms with Gasteiger partial charge in [0.05, 0.1) is 0 Å². The largest absolute Gasteiger partial charge is 0.344 e. The van der Waals surface area contributed by atoms with E-state index in [2.05, 4.69) is 5.32 Å². The van der Waals surface area contributed by atoms with Crippen LogP contribution in [0.15, 0.2) is 24.3 Å². The molecule has 0 spiro atoms. The van der Waals surface area contributed by atoms with E-state index in [4.69, 9.17) is 0 Å². The van der Waals surface area contributed by atoms with Gasteiger partial charge in [-0.3, -0.25) is 14.4 Å². The number of amides is 3. The zero-order valence-corrected chi connectivity index (χ0v) is 14.0. The first kappa shape index (κ1) is 17.4. The summed E-state index contributed by atoms with van der Waals surface area (Å²) in [5.74, 6) is -0.413. The van der Waals surface area contributed by atoms with Crippen LogP contribution in [-0.4, -0.2) is 59.7 Å². The van der Waals surface area contributed by atoms with E-state index in [9.17, 15) is 18.8 Å². The van der Waals surface area contributed by atoms with Gasteiger partial charge in [-0.05, 0) is 30.5 Å². The third-order valence-electron chi connectivity index (χ3n) is 4.75. The van der Waals surface area contributed by atoms with Crippen LogP contribution < -0.4 is 5.32 Å². The Bertz CT molecular complexity index is 671. The van der Waals surface area contributed by atoms with E-state index in [-0.39, 0.29) is 23.5 Å². The monoisotopic (exact) mass is 347 g/mol. The molecule has 0 saturated carbocycles. The van der Waals surface area contributed by atoms with Crippen LogP contribution in [0.25, 0.3) is 0 Å². The SMILES string of the molecule is O=C1CCC(C(=O)N2CCN(C(=O)CCc3cccc(F)c3)CC2)N1. The van der Waals surface area contributed by atoms with Crippen LogP contribution in [0.5, 0.6) is 0 Å². The van der Waals surface area contributed by atoms with Gasteiger partial charge in [-0.25, -0.2) is 4.39 Å². The normalized spacial score (nSPS) is 20.5. The summed E-state index contributed by atoms with van der Waals surface area (Å²) in [7, 11) is 0. The van der Waals surface area contributed by atoms with Gasteiger partial charge in [0.25, 0.3) is 0 Å². The van der Waals surface area contributed by atoms with Gasteiger partial charge >= 0.3 is 0 Å². The van der Waals surface area contributed by atoms with Gasteiger partial charge in [0.2, 0.25) is 17.7 Å². The van der Waals surface area contributed by atoms with E-state index in [0.29, 0.717) is 51.9 Å². The van der Waals surface area contributed by atoms with Crippen molar-refractivity contribution in [3.05, 3.63) is 35.6 Å². The lowest BCUT2D eigenvalue weighted by atomic mass is 10.1. The molecule has 3 rings (SSSR count). The highest BCUT2D eigenvalue weighted by molar-refractivity contribution is 5.91. The van der Waals surface area contributed by atoms with Gasteiger partial charge in [-0.1, -0.05) is 12.1 Å². The molecule has 2 saturated heterocycles. The Morgan fingerprint density at radius 1 is 1.16 bits per heavy atom. The number of hydrogen-bond donors (Lipinski definition) is 1. The summed E-state index contributed by atoms with van der Waals surface area (Å²) in [6.45, 7) is 1.95. The summed E-state index contributed by atoms with van der Waals surface area (Å²) in [5.41, 5.74) is 0.805. The van der Waals surface area contributed by atoms with Gasteiger partial charge in [-0.15, -0.1) is 0 Å². The van der Waals surface area contributed by atoms with Crippen LogP contribution in [0.2, 0.25) is 0 Å². The maximum Gasteiger partial charge on any atom is 0.245 e. The van der Waals surface area contributed by atoms with Crippen molar-refractivity contribution in [1.82, 2.24) is 15.1 Å². The van der Waals surface area contributed by atoms with E-state index >= 15 is 0 Å². The van der Waals surface area contributed by atoms with Crippen molar-refractivity contribution in [2.75, 3.05) is 26.2 Å². The lowest BCUT2D eigenvalue weighted by Gasteiger charge is -2.36. The molecular formula is C18H22FN3O3. The molecule has 1 unspecified atom stereocenters. The number of benzene rings is 1. The minimum Gasteiger partial charge on any atom is -0.344 e. The van der Waals surface area contributed by atoms with Gasteiger partial charge in [0.15, 0.2) is 0 Å². The lowest BCUT2D eigenvalue weighted by Crippen LogP contribution is -2.54. The number of carbonyl (C=O) groups excluding carboxylic acids is 3. The number of nitrogens with one attached hydrogen (secondary N) is 1. The molecule has 2 aliphatic rings. The van der Waals surface area contributed by atoms with Crippen molar-refractivity contribution in [2.45, 2.75) is 31.7 Å². The Balaban J connectivity index is 1.44. The Morgan fingerprint density at radius 3 is 2.52 bits per heavy atom. The second-order valence-corrected chi connectivity index (χ2v) is 6.49. The third kappa shape index (κ3) is 4.35. The molecule has 7 heteroatoms. The van der Waals surface area contributed by atoms with Gasteiger partial charge in [0, 0.05) is 39.0 Å². The fourth-order valence-corrected chi connectivity index (χ4v) is 3.30. The van der Waals surface area contributed by atoms with E-state index in [1.165, 1.54) is 12.1 Å². The van der Waals surface area contributed by atoms with Crippen LogP contribution in [-0.2, 0) is 20.8 Å². The summed E-state index contributed by atoms with van der Waals surface area (Å²) in [5, 5.41) is 2.69. The molecule has 1 aromatic carbocycles. The highest BCUT2D eigenvalue weighted by atomic mass is 19.1. The smallest absolute Gasteiger partial charge is 0.245 e. The molecule has 1 N–H and O–H groups in total. The van der Waals surface area contributed by atoms with Crippen LogP contribution in [0.4, 0.5) is 4.39 Å². The van der Waals surface area contributed by atoms with E-state index < -0.39 is 6.04 Å². The number of halogens is 1. The molecule has 2 fully saturated rings. The fourth-order valence-electron chi connectivity index (χ4n) is 3.30. The van der Waals surface area contributed by atoms with Crippen molar-refractivity contribution < 1.29 is 18.8 Å². The van der Waals surface area contributed by atoms with Crippen LogP contribution in [0.3, 0.4) is 0 Å². The predicted octanol–water partition coefficient (Wildman–Crippen LogP) is 0.708. The number of nitrogens with zero attached hydrogens (tertiary/aromatic N) is 2. The van der Waals surface area contributed by atoms with Crippen LogP contribution >= 0.6 is 0 Å². The quantitative estimate of drug-likeness (QED) is 0.872. The summed E-state index contributed by atoms with van der Waals surface area (Å²) in [4.78, 5) is 39.3. The third-order valence-corrected chi connectivity index (χ3v) is 4.75. The van der Waals surface area contributed by atoms with Crippen molar-refractivity contribution in [1.29, 1.82) is 0 Å². The summed E-state index contributed by atoms with van der Waals surface area (Å²) in [6.07, 6.45) is 1.78. The minimum absolute atomic E-state index is 0.0190. The maximum atomic E-state index is 13.2. The summed E-state index contributed by atoms with van der Waals surface area (Å²) >= 11 is 0. The standard InChI is InChI=1S/C18H22FN3O3/c19-14-3-1-2-13(12-14)4-7-17(24)21-8-10-22(11-9-21)18(25)15-5-6-16(23)20-15/h1-3,12,15H,4-11H2,(H,20,23). The first-order valence-electron chi connectivity index (χ1n) is 8.63. The molecule has 1 aromatic rings. The Morgan fingerprint density at radius 2 is 1.88 bits per heavy atom. The van der Waals surface area contributed by atoms with Crippen molar-refractivity contribution in [2.24, 2.45) is 0 Å². The summed E-state index contributed by atoms with van der Waals surface area (Å²) < 4.78 is 13.2. The van der Waals surface area contributed by atoms with Crippen molar-refractivity contribution in [3.8, 4) is 0 Å². The van der Waals surface area contributed by atoms with E-state index in [1.54, 1.807) is 15.9 Å². The number of rotatable bonds is 4. The second-order valence-electron chi connectivity index (χ2n) is 6.49. The Kier molecular flexibility index (Phi) is 5.31. The van der Waals surface area contributed by atoms with Gasteiger partial charge < -0.3 is 15.1 Å². The van der Waals surface area contributed by atoms with Crippen LogP contribution in [0.1, 0.15) is 24.8 Å². The molecule has 0 aromatic heterocycles. The zero-order valence-electron chi connectivity index (χ0n) is 14.0. The first-order valence-corrected chi connectivity index (χ1v) is 8.63. The molecule has 2 heterocycles. The Hall–Kier alpha value is -2.44. The highest BCUT2D eigenvalue weighted by Gasteiger charge is 2.32.